The van der Waals surface area contributed by atoms with Gasteiger partial charge in [-0.05, 0) is 30.7 Å². The molecule has 0 saturated heterocycles. The maximum Gasteiger partial charge on any atom is 0.161 e. The van der Waals surface area contributed by atoms with Gasteiger partial charge < -0.3 is 14.8 Å². The zero-order valence-electron chi connectivity index (χ0n) is 12.3. The van der Waals surface area contributed by atoms with Crippen LogP contribution in [0.5, 0.6) is 11.5 Å². The van der Waals surface area contributed by atoms with E-state index in [1.165, 1.54) is 0 Å². The van der Waals surface area contributed by atoms with Crippen LogP contribution in [0.15, 0.2) is 48.5 Å². The number of para-hydroxylation sites is 2. The predicted octanol–water partition coefficient (Wildman–Crippen LogP) is 3.91. The number of nitrogens with one attached hydrogen (secondary N) is 1. The third-order valence-electron chi connectivity index (χ3n) is 3.10. The molecule has 3 nitrogen and oxygen atoms in total. The van der Waals surface area contributed by atoms with Gasteiger partial charge in [0.25, 0.3) is 0 Å². The number of hydrogen-bond acceptors (Lipinski definition) is 3. The molecule has 1 N–H and O–H groups in total. The first-order valence-corrected chi connectivity index (χ1v) is 7.32. The molecule has 0 fully saturated rings. The van der Waals surface area contributed by atoms with Gasteiger partial charge >= 0.3 is 0 Å². The average Bonchev–Trinajstić information content (AvgIpc) is 2.50. The molecule has 2 aromatic rings. The Hall–Kier alpha value is -1.71. The van der Waals surface area contributed by atoms with Crippen molar-refractivity contribution in [2.24, 2.45) is 0 Å². The smallest absolute Gasteiger partial charge is 0.161 e. The Balaban J connectivity index is 1.82. The highest BCUT2D eigenvalue weighted by Crippen LogP contribution is 2.26. The van der Waals surface area contributed by atoms with Gasteiger partial charge in [0.2, 0.25) is 0 Å². The number of hydrogen-bond donors (Lipinski definition) is 1. The summed E-state index contributed by atoms with van der Waals surface area (Å²) in [6.07, 6.45) is 0.0313. The lowest BCUT2D eigenvalue weighted by molar-refractivity contribution is 0.207. The molecule has 0 aliphatic carbocycles. The minimum atomic E-state index is 0.0313. The van der Waals surface area contributed by atoms with Crippen LogP contribution in [0.2, 0.25) is 5.02 Å². The first-order valence-electron chi connectivity index (χ1n) is 6.94. The molecule has 2 aromatic carbocycles. The second-order valence-electron chi connectivity index (χ2n) is 4.80. The van der Waals surface area contributed by atoms with E-state index in [1.807, 2.05) is 55.5 Å². The summed E-state index contributed by atoms with van der Waals surface area (Å²) in [5.74, 6) is 1.50. The summed E-state index contributed by atoms with van der Waals surface area (Å²) < 4.78 is 11.2. The van der Waals surface area contributed by atoms with Crippen molar-refractivity contribution in [2.75, 3.05) is 13.7 Å². The van der Waals surface area contributed by atoms with Crippen molar-refractivity contribution in [3.63, 3.8) is 0 Å². The van der Waals surface area contributed by atoms with Crippen LogP contribution in [0.1, 0.15) is 12.5 Å². The molecule has 0 radical (unpaired) electrons. The van der Waals surface area contributed by atoms with Crippen LogP contribution in [0.4, 0.5) is 0 Å². The van der Waals surface area contributed by atoms with Gasteiger partial charge in [-0.1, -0.05) is 41.9 Å². The van der Waals surface area contributed by atoms with Crippen LogP contribution in [0.3, 0.4) is 0 Å². The summed E-state index contributed by atoms with van der Waals surface area (Å²) in [5.41, 5.74) is 1.09. The van der Waals surface area contributed by atoms with Gasteiger partial charge in [-0.2, -0.15) is 0 Å². The predicted molar refractivity (Wildman–Crippen MR) is 86.2 cm³/mol. The van der Waals surface area contributed by atoms with E-state index in [0.29, 0.717) is 0 Å². The lowest BCUT2D eigenvalue weighted by atomic mass is 10.2. The van der Waals surface area contributed by atoms with E-state index in [1.54, 1.807) is 7.11 Å². The Labute approximate surface area is 130 Å². The Kier molecular flexibility index (Phi) is 5.90. The Morgan fingerprint density at radius 3 is 2.43 bits per heavy atom. The number of halogens is 1. The molecule has 0 spiro atoms. The van der Waals surface area contributed by atoms with Crippen LogP contribution in [0, 0.1) is 0 Å². The number of ether oxygens (including phenoxy) is 2. The largest absolute Gasteiger partial charge is 0.493 e. The molecule has 0 saturated carbocycles. The normalized spacial score (nSPS) is 12.0. The maximum atomic E-state index is 6.12. The highest BCUT2D eigenvalue weighted by Gasteiger charge is 2.08. The van der Waals surface area contributed by atoms with Crippen LogP contribution in [-0.4, -0.2) is 19.8 Å². The van der Waals surface area contributed by atoms with Gasteiger partial charge in [0, 0.05) is 18.1 Å². The standard InChI is InChI=1S/C17H20ClNO2/c1-13(21-17-10-6-5-9-16(17)20-2)11-19-12-14-7-3-4-8-15(14)18/h3-10,13,19H,11-12H2,1-2H3. The zero-order valence-corrected chi connectivity index (χ0v) is 13.1. The molecule has 0 amide bonds. The Morgan fingerprint density at radius 2 is 1.71 bits per heavy atom. The molecular formula is C17H20ClNO2. The van der Waals surface area contributed by atoms with E-state index in [9.17, 15) is 0 Å². The number of rotatable bonds is 7. The van der Waals surface area contributed by atoms with E-state index < -0.39 is 0 Å². The maximum absolute atomic E-state index is 6.12. The molecule has 0 aliphatic rings. The van der Waals surface area contributed by atoms with Gasteiger partial charge in [-0.3, -0.25) is 0 Å². The Morgan fingerprint density at radius 1 is 1.05 bits per heavy atom. The topological polar surface area (TPSA) is 30.5 Å². The fourth-order valence-electron chi connectivity index (χ4n) is 2.03. The highest BCUT2D eigenvalue weighted by molar-refractivity contribution is 6.31. The lowest BCUT2D eigenvalue weighted by Gasteiger charge is -2.17. The van der Waals surface area contributed by atoms with Crippen molar-refractivity contribution in [3.8, 4) is 11.5 Å². The van der Waals surface area contributed by atoms with Gasteiger partial charge in [0.15, 0.2) is 11.5 Å². The SMILES string of the molecule is COc1ccccc1OC(C)CNCc1ccccc1Cl. The first-order chi connectivity index (χ1) is 10.2. The number of benzene rings is 2. The molecule has 4 heteroatoms. The monoisotopic (exact) mass is 305 g/mol. The van der Waals surface area contributed by atoms with E-state index in [2.05, 4.69) is 5.32 Å². The minimum Gasteiger partial charge on any atom is -0.493 e. The molecule has 1 atom stereocenters. The highest BCUT2D eigenvalue weighted by atomic mass is 35.5. The molecule has 112 valence electrons. The lowest BCUT2D eigenvalue weighted by Crippen LogP contribution is -2.28. The van der Waals surface area contributed by atoms with Crippen molar-refractivity contribution in [1.29, 1.82) is 0 Å². The van der Waals surface area contributed by atoms with Crippen molar-refractivity contribution < 1.29 is 9.47 Å². The first kappa shape index (κ1) is 15.7. The molecule has 0 aliphatic heterocycles. The van der Waals surface area contributed by atoms with Gasteiger partial charge in [0.1, 0.15) is 6.10 Å². The van der Waals surface area contributed by atoms with Crippen molar-refractivity contribution in [3.05, 3.63) is 59.1 Å². The van der Waals surface area contributed by atoms with Crippen LogP contribution < -0.4 is 14.8 Å². The summed E-state index contributed by atoms with van der Waals surface area (Å²) in [7, 11) is 1.64. The number of methoxy groups -OCH3 is 1. The van der Waals surface area contributed by atoms with Crippen molar-refractivity contribution in [1.82, 2.24) is 5.32 Å². The van der Waals surface area contributed by atoms with E-state index >= 15 is 0 Å². The van der Waals surface area contributed by atoms with E-state index in [0.717, 1.165) is 35.2 Å². The van der Waals surface area contributed by atoms with Crippen LogP contribution in [0.25, 0.3) is 0 Å². The second-order valence-corrected chi connectivity index (χ2v) is 5.21. The van der Waals surface area contributed by atoms with E-state index in [-0.39, 0.29) is 6.10 Å². The minimum absolute atomic E-state index is 0.0313. The summed E-state index contributed by atoms with van der Waals surface area (Å²) in [4.78, 5) is 0. The molecule has 2 rings (SSSR count). The Bertz CT molecular complexity index is 574. The summed E-state index contributed by atoms with van der Waals surface area (Å²) in [6, 6.07) is 15.5. The van der Waals surface area contributed by atoms with Crippen molar-refractivity contribution >= 4 is 11.6 Å². The van der Waals surface area contributed by atoms with Gasteiger partial charge in [-0.15, -0.1) is 0 Å². The van der Waals surface area contributed by atoms with Crippen molar-refractivity contribution in [2.45, 2.75) is 19.6 Å². The molecule has 21 heavy (non-hydrogen) atoms. The molecule has 0 heterocycles. The van der Waals surface area contributed by atoms with Gasteiger partial charge in [0.05, 0.1) is 7.11 Å². The van der Waals surface area contributed by atoms with Crippen LogP contribution >= 0.6 is 11.6 Å². The molecule has 1 unspecified atom stereocenters. The summed E-state index contributed by atoms with van der Waals surface area (Å²) in [5, 5.41) is 4.13. The molecule has 0 bridgehead atoms. The molecular weight excluding hydrogens is 286 g/mol. The second kappa shape index (κ2) is 7.91. The zero-order chi connectivity index (χ0) is 15.1. The molecule has 0 aromatic heterocycles. The van der Waals surface area contributed by atoms with Crippen LogP contribution in [-0.2, 0) is 6.54 Å². The fraction of sp³-hybridized carbons (Fsp3) is 0.294. The summed E-state index contributed by atoms with van der Waals surface area (Å²) in [6.45, 7) is 3.47. The fourth-order valence-corrected chi connectivity index (χ4v) is 2.23. The summed E-state index contributed by atoms with van der Waals surface area (Å²) >= 11 is 6.12. The quantitative estimate of drug-likeness (QED) is 0.841. The third-order valence-corrected chi connectivity index (χ3v) is 3.47. The van der Waals surface area contributed by atoms with Gasteiger partial charge in [-0.25, -0.2) is 0 Å². The van der Waals surface area contributed by atoms with E-state index in [4.69, 9.17) is 21.1 Å². The average molecular weight is 306 g/mol. The third kappa shape index (κ3) is 4.66.